The van der Waals surface area contributed by atoms with Crippen LogP contribution < -0.4 is 17.2 Å². The summed E-state index contributed by atoms with van der Waals surface area (Å²) in [5.41, 5.74) is 15.3. The van der Waals surface area contributed by atoms with Crippen LogP contribution in [0.25, 0.3) is 0 Å². The van der Waals surface area contributed by atoms with Gasteiger partial charge in [-0.1, -0.05) is 290 Å². The van der Waals surface area contributed by atoms with E-state index in [0.717, 1.165) is 19.3 Å². The summed E-state index contributed by atoms with van der Waals surface area (Å²) < 4.78 is 0. The highest BCUT2D eigenvalue weighted by Gasteiger charge is 1.99. The second-order valence-electron chi connectivity index (χ2n) is 18.5. The minimum atomic E-state index is -0.153. The molecule has 0 aliphatic carbocycles. The van der Waals surface area contributed by atoms with E-state index in [9.17, 15) is 14.4 Å². The van der Waals surface area contributed by atoms with E-state index in [0.29, 0.717) is 19.3 Å². The predicted molar refractivity (Wildman–Crippen MR) is 289 cm³/mol. The van der Waals surface area contributed by atoms with E-state index in [1.54, 1.807) is 0 Å². The normalized spacial score (nSPS) is 10.3. The highest BCUT2D eigenvalue weighted by molar-refractivity contribution is 5.74. The maximum Gasteiger partial charge on any atom is 0.217 e. The van der Waals surface area contributed by atoms with Crippen LogP contribution in [0.5, 0.6) is 0 Å². The van der Waals surface area contributed by atoms with Crippen molar-refractivity contribution in [2.75, 3.05) is 0 Å². The van der Waals surface area contributed by atoms with Gasteiger partial charge in [-0.25, -0.2) is 0 Å². The molecule has 0 saturated carbocycles. The first-order valence-electron chi connectivity index (χ1n) is 28.2. The Kier molecular flexibility index (Phi) is 80.3. The van der Waals surface area contributed by atoms with E-state index in [-0.39, 0.29) is 17.7 Å². The summed E-state index contributed by atoms with van der Waals surface area (Å²) >= 11 is 0. The fraction of sp³-hybridized carbons (Fsp3) is 0.879. The van der Waals surface area contributed by atoms with Gasteiger partial charge in [0.05, 0.1) is 0 Å². The van der Waals surface area contributed by atoms with Gasteiger partial charge in [0.1, 0.15) is 0 Å². The molecule has 64 heavy (non-hydrogen) atoms. The second-order valence-corrected chi connectivity index (χ2v) is 18.5. The Bertz CT molecular complexity index is 744. The lowest BCUT2D eigenvalue weighted by Crippen LogP contribution is -2.09. The number of amides is 3. The van der Waals surface area contributed by atoms with E-state index in [2.05, 4.69) is 47.1 Å². The molecule has 384 valence electrons. The summed E-state index contributed by atoms with van der Waals surface area (Å²) in [6.45, 7) is 18.8. The summed E-state index contributed by atoms with van der Waals surface area (Å²) in [7, 11) is 0. The maximum absolute atomic E-state index is 10.6. The topological polar surface area (TPSA) is 129 Å². The largest absolute Gasteiger partial charge is 0.370 e. The summed E-state index contributed by atoms with van der Waals surface area (Å²) in [5, 5.41) is 0. The number of nitrogens with two attached hydrogens (primary N) is 3. The predicted octanol–water partition coefficient (Wildman–Crippen LogP) is 18.8. The van der Waals surface area contributed by atoms with E-state index in [4.69, 9.17) is 17.2 Å². The first-order chi connectivity index (χ1) is 31.3. The number of carbonyl (C=O) groups is 3. The lowest BCUT2D eigenvalue weighted by Gasteiger charge is -2.03. The third-order valence-electron chi connectivity index (χ3n) is 12.1. The molecule has 6 heteroatoms. The minimum Gasteiger partial charge on any atom is -0.370 e. The van der Waals surface area contributed by atoms with Gasteiger partial charge in [0, 0.05) is 19.3 Å². The van der Waals surface area contributed by atoms with Crippen molar-refractivity contribution in [3.8, 4) is 0 Å². The molecule has 0 bridgehead atoms. The van der Waals surface area contributed by atoms with Crippen LogP contribution in [0.2, 0.25) is 0 Å². The van der Waals surface area contributed by atoms with Crippen molar-refractivity contribution in [1.29, 1.82) is 0 Å². The van der Waals surface area contributed by atoms with Gasteiger partial charge in [0.25, 0.3) is 0 Å². The Morgan fingerprint density at radius 2 is 0.312 bits per heavy atom. The van der Waals surface area contributed by atoms with Crippen LogP contribution in [-0.2, 0) is 14.4 Å². The zero-order valence-corrected chi connectivity index (χ0v) is 44.2. The quantitative estimate of drug-likeness (QED) is 0.0415. The fourth-order valence-corrected chi connectivity index (χ4v) is 8.01. The van der Waals surface area contributed by atoms with Crippen molar-refractivity contribution in [3.63, 3.8) is 0 Å². The van der Waals surface area contributed by atoms with Crippen molar-refractivity contribution in [3.05, 3.63) is 26.3 Å². The average Bonchev–Trinajstić information content (AvgIpc) is 3.29. The molecule has 0 aromatic heterocycles. The van der Waals surface area contributed by atoms with Crippen molar-refractivity contribution >= 4 is 17.7 Å². The summed E-state index contributed by atoms with van der Waals surface area (Å²) in [4.78, 5) is 31.7. The van der Waals surface area contributed by atoms with E-state index >= 15 is 0 Å². The van der Waals surface area contributed by atoms with Crippen molar-refractivity contribution in [2.45, 2.75) is 329 Å². The average molecular weight is 907 g/mol. The molecule has 0 aliphatic rings. The van der Waals surface area contributed by atoms with E-state index < -0.39 is 0 Å². The molecule has 0 aliphatic heterocycles. The Hall–Kier alpha value is -2.11. The van der Waals surface area contributed by atoms with Crippen LogP contribution in [0.3, 0.4) is 0 Å². The Labute approximate surface area is 403 Å². The molecule has 0 rings (SSSR count). The van der Waals surface area contributed by atoms with Gasteiger partial charge in [-0.3, -0.25) is 14.4 Å². The standard InChI is InChI=1S/3C18H37NO.2C2H4/c3*1-2-3-4-5-6-7-8-9-10-11-12-13-14-15-16-17-18(19)20;2*1-2/h3*2-17H2,1H3,(H2,19,20);2*1-2H2. The Morgan fingerprint density at radius 1 is 0.219 bits per heavy atom. The molecule has 0 spiro atoms. The SMILES string of the molecule is C=C.C=C.CCCCCCCCCCCCCCCCCC(N)=O.CCCCCCCCCCCCCCCCCC(N)=O.CCCCCCCCCCCCCCCCCC(N)=O. The summed E-state index contributed by atoms with van der Waals surface area (Å²) in [6.07, 6.45) is 62.6. The molecular formula is C58H119N3O3. The van der Waals surface area contributed by atoms with Gasteiger partial charge in [-0.15, -0.1) is 26.3 Å². The number of rotatable bonds is 48. The highest BCUT2D eigenvalue weighted by atomic mass is 16.1. The number of primary amides is 3. The van der Waals surface area contributed by atoms with Crippen LogP contribution in [-0.4, -0.2) is 17.7 Å². The van der Waals surface area contributed by atoms with Crippen LogP contribution >= 0.6 is 0 Å². The monoisotopic (exact) mass is 906 g/mol. The third-order valence-corrected chi connectivity index (χ3v) is 12.1. The van der Waals surface area contributed by atoms with Crippen molar-refractivity contribution in [2.24, 2.45) is 17.2 Å². The molecule has 0 saturated heterocycles. The van der Waals surface area contributed by atoms with Crippen molar-refractivity contribution < 1.29 is 14.4 Å². The molecule has 3 amide bonds. The van der Waals surface area contributed by atoms with Gasteiger partial charge in [-0.05, 0) is 19.3 Å². The number of carbonyl (C=O) groups excluding carboxylic acids is 3. The van der Waals surface area contributed by atoms with Gasteiger partial charge in [0.2, 0.25) is 17.7 Å². The zero-order valence-electron chi connectivity index (χ0n) is 44.2. The van der Waals surface area contributed by atoms with E-state index in [1.165, 1.54) is 270 Å². The molecule has 6 nitrogen and oxygen atoms in total. The van der Waals surface area contributed by atoms with Crippen LogP contribution in [0, 0.1) is 0 Å². The van der Waals surface area contributed by atoms with Crippen LogP contribution in [0.15, 0.2) is 26.3 Å². The molecule has 0 heterocycles. The molecule has 0 radical (unpaired) electrons. The molecular weight excluding hydrogens is 787 g/mol. The summed E-state index contributed by atoms with van der Waals surface area (Å²) in [6, 6.07) is 0. The number of unbranched alkanes of at least 4 members (excludes halogenated alkanes) is 42. The fourth-order valence-electron chi connectivity index (χ4n) is 8.01. The number of hydrogen-bond donors (Lipinski definition) is 3. The van der Waals surface area contributed by atoms with Crippen LogP contribution in [0.1, 0.15) is 329 Å². The van der Waals surface area contributed by atoms with Gasteiger partial charge in [0.15, 0.2) is 0 Å². The first kappa shape index (κ1) is 70.9. The molecule has 0 aromatic carbocycles. The van der Waals surface area contributed by atoms with Gasteiger partial charge < -0.3 is 17.2 Å². The van der Waals surface area contributed by atoms with Crippen molar-refractivity contribution in [1.82, 2.24) is 0 Å². The van der Waals surface area contributed by atoms with Crippen LogP contribution in [0.4, 0.5) is 0 Å². The molecule has 0 fully saturated rings. The number of hydrogen-bond acceptors (Lipinski definition) is 3. The Balaban J connectivity index is -0.000000261. The molecule has 0 unspecified atom stereocenters. The van der Waals surface area contributed by atoms with Gasteiger partial charge >= 0.3 is 0 Å². The maximum atomic E-state index is 10.6. The molecule has 6 N–H and O–H groups in total. The second kappa shape index (κ2) is 72.5. The smallest absolute Gasteiger partial charge is 0.217 e. The third kappa shape index (κ3) is 86.9. The zero-order chi connectivity index (χ0) is 48.7. The van der Waals surface area contributed by atoms with Gasteiger partial charge in [-0.2, -0.15) is 0 Å². The summed E-state index contributed by atoms with van der Waals surface area (Å²) in [5.74, 6) is -0.459. The minimum absolute atomic E-state index is 0.153. The van der Waals surface area contributed by atoms with E-state index in [1.807, 2.05) is 0 Å². The molecule has 0 aromatic rings. The first-order valence-corrected chi connectivity index (χ1v) is 28.2. The highest BCUT2D eigenvalue weighted by Crippen LogP contribution is 2.16. The lowest BCUT2D eigenvalue weighted by atomic mass is 10.0. The lowest BCUT2D eigenvalue weighted by molar-refractivity contribution is -0.119. The Morgan fingerprint density at radius 3 is 0.406 bits per heavy atom. The molecule has 0 atom stereocenters.